The van der Waals surface area contributed by atoms with E-state index in [-0.39, 0.29) is 5.54 Å². The molecule has 2 aromatic carbocycles. The number of rotatable bonds is 1. The Morgan fingerprint density at radius 1 is 0.864 bits per heavy atom. The normalized spacial score (nSPS) is 16.2. The summed E-state index contributed by atoms with van der Waals surface area (Å²) >= 11 is 0. The second kappa shape index (κ2) is 4.77. The lowest BCUT2D eigenvalue weighted by molar-refractivity contribution is 0.513. The van der Waals surface area contributed by atoms with E-state index in [4.69, 9.17) is 9.98 Å². The molecule has 0 spiro atoms. The monoisotopic (exact) mass is 286 g/mol. The van der Waals surface area contributed by atoms with Crippen molar-refractivity contribution in [1.29, 1.82) is 0 Å². The van der Waals surface area contributed by atoms with Crippen molar-refractivity contribution in [2.75, 3.05) is 0 Å². The zero-order valence-electron chi connectivity index (χ0n) is 12.9. The Balaban J connectivity index is 1.93. The molecule has 0 unspecified atom stereocenters. The van der Waals surface area contributed by atoms with Crippen molar-refractivity contribution in [3.8, 4) is 0 Å². The highest BCUT2D eigenvalue weighted by Crippen LogP contribution is 2.29. The molecule has 4 rings (SSSR count). The Kier molecular flexibility index (Phi) is 2.86. The van der Waals surface area contributed by atoms with Gasteiger partial charge in [0.05, 0.1) is 22.5 Å². The summed E-state index contributed by atoms with van der Waals surface area (Å²) < 4.78 is 0. The Morgan fingerprint density at radius 2 is 1.64 bits per heavy atom. The molecule has 2 heterocycles. The molecule has 0 atom stereocenters. The van der Waals surface area contributed by atoms with E-state index in [0.717, 1.165) is 28.7 Å². The van der Waals surface area contributed by atoms with Gasteiger partial charge in [0.15, 0.2) is 0 Å². The van der Waals surface area contributed by atoms with Crippen molar-refractivity contribution in [2.45, 2.75) is 25.8 Å². The van der Waals surface area contributed by atoms with Gasteiger partial charge >= 0.3 is 0 Å². The van der Waals surface area contributed by atoms with Gasteiger partial charge in [-0.25, -0.2) is 4.98 Å². The molecule has 1 aromatic heterocycles. The highest BCUT2D eigenvalue weighted by atomic mass is 14.9. The van der Waals surface area contributed by atoms with Crippen LogP contribution in [0.2, 0.25) is 0 Å². The van der Waals surface area contributed by atoms with Crippen molar-refractivity contribution in [1.82, 2.24) is 4.98 Å². The van der Waals surface area contributed by atoms with E-state index >= 15 is 0 Å². The number of aliphatic imine (C=N–C) groups is 1. The van der Waals surface area contributed by atoms with Crippen LogP contribution in [-0.4, -0.2) is 16.2 Å². The molecular formula is C20H18N2. The van der Waals surface area contributed by atoms with E-state index < -0.39 is 0 Å². The molecule has 2 heteroatoms. The first kappa shape index (κ1) is 13.2. The van der Waals surface area contributed by atoms with Crippen LogP contribution in [0.15, 0.2) is 65.7 Å². The first-order chi connectivity index (χ1) is 10.6. The number of hydrogen-bond acceptors (Lipinski definition) is 2. The molecule has 1 aliphatic rings. The van der Waals surface area contributed by atoms with Crippen LogP contribution >= 0.6 is 0 Å². The second-order valence-electron chi connectivity index (χ2n) is 6.50. The Labute approximate surface area is 130 Å². The molecule has 0 saturated carbocycles. The molecule has 3 aromatic rings. The van der Waals surface area contributed by atoms with E-state index in [2.05, 4.69) is 62.4 Å². The van der Waals surface area contributed by atoms with Gasteiger partial charge in [-0.05, 0) is 38.0 Å². The minimum Gasteiger partial charge on any atom is -0.276 e. The average Bonchev–Trinajstić information content (AvgIpc) is 2.53. The van der Waals surface area contributed by atoms with Gasteiger partial charge in [0.2, 0.25) is 0 Å². The standard InChI is InChI=1S/C20H18N2/c1-20(2)13-15-8-3-5-9-16(15)19(22-20)18-12-11-14-7-4-6-10-17(14)21-18/h3-12H,13H2,1-2H3. The van der Waals surface area contributed by atoms with Gasteiger partial charge in [-0.15, -0.1) is 0 Å². The Bertz CT molecular complexity index is 891. The number of fused-ring (bicyclic) bond motifs is 2. The lowest BCUT2D eigenvalue weighted by Crippen LogP contribution is -2.29. The molecule has 0 radical (unpaired) electrons. The maximum atomic E-state index is 4.99. The summed E-state index contributed by atoms with van der Waals surface area (Å²) in [7, 11) is 0. The Hall–Kier alpha value is -2.48. The summed E-state index contributed by atoms with van der Waals surface area (Å²) in [6.45, 7) is 4.37. The quantitative estimate of drug-likeness (QED) is 0.650. The largest absolute Gasteiger partial charge is 0.276 e. The number of para-hydroxylation sites is 1. The minimum absolute atomic E-state index is 0.0863. The molecule has 2 nitrogen and oxygen atoms in total. The fourth-order valence-corrected chi connectivity index (χ4v) is 3.17. The Morgan fingerprint density at radius 3 is 2.55 bits per heavy atom. The van der Waals surface area contributed by atoms with Crippen molar-refractivity contribution >= 4 is 16.6 Å². The maximum Gasteiger partial charge on any atom is 0.0912 e. The summed E-state index contributed by atoms with van der Waals surface area (Å²) in [6.07, 6.45) is 0.972. The van der Waals surface area contributed by atoms with Crippen LogP contribution in [0, 0.1) is 0 Å². The molecular weight excluding hydrogens is 268 g/mol. The van der Waals surface area contributed by atoms with Gasteiger partial charge in [0.1, 0.15) is 0 Å². The van der Waals surface area contributed by atoms with Crippen molar-refractivity contribution in [3.63, 3.8) is 0 Å². The fourth-order valence-electron chi connectivity index (χ4n) is 3.17. The third-order valence-electron chi connectivity index (χ3n) is 4.15. The highest BCUT2D eigenvalue weighted by Gasteiger charge is 2.27. The summed E-state index contributed by atoms with van der Waals surface area (Å²) in [5, 5.41) is 1.16. The number of pyridine rings is 1. The van der Waals surface area contributed by atoms with Crippen LogP contribution in [0.1, 0.15) is 30.7 Å². The smallest absolute Gasteiger partial charge is 0.0912 e. The van der Waals surface area contributed by atoms with Gasteiger partial charge in [0, 0.05) is 10.9 Å². The van der Waals surface area contributed by atoms with Crippen LogP contribution in [-0.2, 0) is 6.42 Å². The van der Waals surface area contributed by atoms with Gasteiger partial charge in [-0.3, -0.25) is 4.99 Å². The molecule has 0 fully saturated rings. The lowest BCUT2D eigenvalue weighted by Gasteiger charge is -2.28. The molecule has 108 valence electrons. The van der Waals surface area contributed by atoms with E-state index in [1.807, 2.05) is 12.1 Å². The zero-order valence-corrected chi connectivity index (χ0v) is 12.9. The van der Waals surface area contributed by atoms with Crippen LogP contribution in [0.25, 0.3) is 10.9 Å². The third kappa shape index (κ3) is 2.21. The van der Waals surface area contributed by atoms with Gasteiger partial charge in [-0.1, -0.05) is 48.5 Å². The van der Waals surface area contributed by atoms with Gasteiger partial charge in [0.25, 0.3) is 0 Å². The van der Waals surface area contributed by atoms with Crippen molar-refractivity contribution < 1.29 is 0 Å². The van der Waals surface area contributed by atoms with Gasteiger partial charge in [-0.2, -0.15) is 0 Å². The average molecular weight is 286 g/mol. The van der Waals surface area contributed by atoms with Gasteiger partial charge < -0.3 is 0 Å². The maximum absolute atomic E-state index is 4.99. The topological polar surface area (TPSA) is 25.2 Å². The molecule has 0 amide bonds. The van der Waals surface area contributed by atoms with E-state index in [9.17, 15) is 0 Å². The molecule has 0 bridgehead atoms. The van der Waals surface area contributed by atoms with Crippen LogP contribution in [0.4, 0.5) is 0 Å². The first-order valence-electron chi connectivity index (χ1n) is 7.67. The minimum atomic E-state index is -0.0863. The first-order valence-corrected chi connectivity index (χ1v) is 7.67. The zero-order chi connectivity index (χ0) is 15.2. The predicted octanol–water partition coefficient (Wildman–Crippen LogP) is 4.41. The van der Waals surface area contributed by atoms with E-state index in [1.54, 1.807) is 0 Å². The van der Waals surface area contributed by atoms with E-state index in [1.165, 1.54) is 11.1 Å². The molecule has 0 saturated heterocycles. The molecule has 0 aliphatic carbocycles. The molecule has 22 heavy (non-hydrogen) atoms. The number of nitrogens with zero attached hydrogens (tertiary/aromatic N) is 2. The van der Waals surface area contributed by atoms with Crippen LogP contribution in [0.3, 0.4) is 0 Å². The third-order valence-corrected chi connectivity index (χ3v) is 4.15. The number of aromatic nitrogens is 1. The van der Waals surface area contributed by atoms with E-state index in [0.29, 0.717) is 0 Å². The summed E-state index contributed by atoms with van der Waals surface area (Å²) in [6, 6.07) is 21.0. The van der Waals surface area contributed by atoms with Crippen LogP contribution < -0.4 is 0 Å². The predicted molar refractivity (Wildman–Crippen MR) is 91.6 cm³/mol. The molecule has 1 aliphatic heterocycles. The molecule has 0 N–H and O–H groups in total. The van der Waals surface area contributed by atoms with Crippen LogP contribution in [0.5, 0.6) is 0 Å². The fraction of sp³-hybridized carbons (Fsp3) is 0.200. The highest BCUT2D eigenvalue weighted by molar-refractivity contribution is 6.14. The summed E-state index contributed by atoms with van der Waals surface area (Å²) in [5.41, 5.74) is 5.47. The number of benzene rings is 2. The van der Waals surface area contributed by atoms with Crippen molar-refractivity contribution in [2.24, 2.45) is 4.99 Å². The SMILES string of the molecule is CC1(C)Cc2ccccc2C(c2ccc3ccccc3n2)=N1. The summed E-state index contributed by atoms with van der Waals surface area (Å²) in [5.74, 6) is 0. The second-order valence-corrected chi connectivity index (χ2v) is 6.50. The summed E-state index contributed by atoms with van der Waals surface area (Å²) in [4.78, 5) is 9.82. The number of hydrogen-bond donors (Lipinski definition) is 0. The lowest BCUT2D eigenvalue weighted by atomic mass is 9.86. The van der Waals surface area contributed by atoms with Crippen molar-refractivity contribution in [3.05, 3.63) is 77.5 Å².